The van der Waals surface area contributed by atoms with Crippen molar-refractivity contribution >= 4 is 29.1 Å². The third-order valence-corrected chi connectivity index (χ3v) is 6.48. The fraction of sp³-hybridized carbons (Fsp3) is 0.435. The Labute approximate surface area is 192 Å². The lowest BCUT2D eigenvalue weighted by Gasteiger charge is -2.31. The van der Waals surface area contributed by atoms with Crippen LogP contribution in [0.25, 0.3) is 5.76 Å². The van der Waals surface area contributed by atoms with Crippen LogP contribution in [0.3, 0.4) is 0 Å². The molecule has 1 aromatic heterocycles. The number of amides is 1. The van der Waals surface area contributed by atoms with E-state index in [1.54, 1.807) is 47.8 Å². The highest BCUT2D eigenvalue weighted by Gasteiger charge is 2.46. The van der Waals surface area contributed by atoms with Gasteiger partial charge in [-0.05, 0) is 31.5 Å². The van der Waals surface area contributed by atoms with Gasteiger partial charge in [0, 0.05) is 43.9 Å². The van der Waals surface area contributed by atoms with E-state index in [1.165, 1.54) is 0 Å². The van der Waals surface area contributed by atoms with Crippen LogP contribution in [0.1, 0.15) is 28.6 Å². The molecule has 9 heteroatoms. The van der Waals surface area contributed by atoms with Crippen molar-refractivity contribution in [3.05, 3.63) is 57.4 Å². The Hall–Kier alpha value is -2.68. The number of ketones is 1. The molecule has 4 rings (SSSR count). The van der Waals surface area contributed by atoms with Crippen molar-refractivity contribution < 1.29 is 19.4 Å². The van der Waals surface area contributed by atoms with E-state index in [0.29, 0.717) is 42.6 Å². The van der Waals surface area contributed by atoms with Crippen molar-refractivity contribution in [1.82, 2.24) is 19.6 Å². The Morgan fingerprint density at radius 2 is 1.81 bits per heavy atom. The smallest absolute Gasteiger partial charge is 0.295 e. The van der Waals surface area contributed by atoms with Crippen LogP contribution in [0.4, 0.5) is 0 Å². The Morgan fingerprint density at radius 3 is 2.41 bits per heavy atom. The molecule has 2 aromatic rings. The summed E-state index contributed by atoms with van der Waals surface area (Å²) in [5.41, 5.74) is 2.60. The molecule has 1 N–H and O–H groups in total. The molecule has 0 spiro atoms. The number of rotatable bonds is 5. The number of aliphatic hydroxyl groups is 1. The van der Waals surface area contributed by atoms with Crippen molar-refractivity contribution in [1.29, 1.82) is 0 Å². The molecule has 170 valence electrons. The van der Waals surface area contributed by atoms with Gasteiger partial charge in [-0.25, -0.2) is 0 Å². The fourth-order valence-electron chi connectivity index (χ4n) is 4.43. The maximum Gasteiger partial charge on any atom is 0.295 e. The van der Waals surface area contributed by atoms with Gasteiger partial charge < -0.3 is 14.7 Å². The minimum absolute atomic E-state index is 0.0819. The molecule has 1 atom stereocenters. The molecular weight excluding hydrogens is 432 g/mol. The maximum atomic E-state index is 13.2. The highest BCUT2D eigenvalue weighted by Crippen LogP contribution is 2.40. The van der Waals surface area contributed by atoms with Crippen LogP contribution in [-0.4, -0.2) is 75.8 Å². The molecule has 2 fully saturated rings. The van der Waals surface area contributed by atoms with Gasteiger partial charge in [-0.15, -0.1) is 0 Å². The van der Waals surface area contributed by atoms with Crippen LogP contribution >= 0.6 is 11.6 Å². The number of hydrogen-bond acceptors (Lipinski definition) is 6. The molecule has 0 bridgehead atoms. The summed E-state index contributed by atoms with van der Waals surface area (Å²) in [5, 5.41) is 16.2. The van der Waals surface area contributed by atoms with Gasteiger partial charge in [0.1, 0.15) is 5.76 Å². The Morgan fingerprint density at radius 1 is 1.16 bits per heavy atom. The normalized spacial score (nSPS) is 21.5. The summed E-state index contributed by atoms with van der Waals surface area (Å²) < 4.78 is 7.04. The standard InChI is InChI=1S/C23H27ClN4O4/c1-14-18(15(2)26(3)25-14)21(29)19-20(16-4-6-17(24)7-5-16)28(23(31)22(19)30)9-8-27-10-12-32-13-11-27/h4-7,20,29H,8-13H2,1-3H3/b21-19+/t20-/m1/s1. The van der Waals surface area contributed by atoms with Gasteiger partial charge in [0.15, 0.2) is 0 Å². The van der Waals surface area contributed by atoms with E-state index in [1.807, 2.05) is 6.92 Å². The number of Topliss-reactive ketones (excluding diaryl/α,β-unsaturated/α-hetero) is 1. The molecule has 8 nitrogen and oxygen atoms in total. The van der Waals surface area contributed by atoms with E-state index in [2.05, 4.69) is 10.00 Å². The maximum absolute atomic E-state index is 13.2. The Bertz CT molecular complexity index is 1070. The Kier molecular flexibility index (Phi) is 6.37. The number of aliphatic hydroxyl groups excluding tert-OH is 1. The average Bonchev–Trinajstić information content (AvgIpc) is 3.18. The quantitative estimate of drug-likeness (QED) is 0.420. The summed E-state index contributed by atoms with van der Waals surface area (Å²) >= 11 is 6.08. The molecule has 1 aromatic carbocycles. The highest BCUT2D eigenvalue weighted by atomic mass is 35.5. The monoisotopic (exact) mass is 458 g/mol. The van der Waals surface area contributed by atoms with Gasteiger partial charge in [0.05, 0.1) is 36.1 Å². The predicted molar refractivity (Wildman–Crippen MR) is 120 cm³/mol. The second-order valence-corrected chi connectivity index (χ2v) is 8.60. The first-order chi connectivity index (χ1) is 15.3. The van der Waals surface area contributed by atoms with Gasteiger partial charge in [-0.3, -0.25) is 19.2 Å². The molecule has 2 aliphatic heterocycles. The highest BCUT2D eigenvalue weighted by molar-refractivity contribution is 6.46. The van der Waals surface area contributed by atoms with Crippen LogP contribution in [0.2, 0.25) is 5.02 Å². The van der Waals surface area contributed by atoms with Crippen molar-refractivity contribution in [2.24, 2.45) is 7.05 Å². The first kappa shape index (κ1) is 22.5. The summed E-state index contributed by atoms with van der Waals surface area (Å²) in [6.07, 6.45) is 0. The number of carbonyl (C=O) groups excluding carboxylic acids is 2. The van der Waals surface area contributed by atoms with E-state index in [4.69, 9.17) is 16.3 Å². The number of morpholine rings is 1. The number of likely N-dealkylation sites (tertiary alicyclic amines) is 1. The second kappa shape index (κ2) is 9.05. The number of nitrogens with zero attached hydrogens (tertiary/aromatic N) is 4. The summed E-state index contributed by atoms with van der Waals surface area (Å²) in [7, 11) is 1.77. The third-order valence-electron chi connectivity index (χ3n) is 6.23. The largest absolute Gasteiger partial charge is 0.507 e. The second-order valence-electron chi connectivity index (χ2n) is 8.17. The number of ether oxygens (including phenoxy) is 1. The van der Waals surface area contributed by atoms with Crippen LogP contribution in [-0.2, 0) is 21.4 Å². The number of halogens is 1. The molecule has 0 unspecified atom stereocenters. The first-order valence-electron chi connectivity index (χ1n) is 10.6. The van der Waals surface area contributed by atoms with Gasteiger partial charge in [0.25, 0.3) is 11.7 Å². The Balaban J connectivity index is 1.77. The van der Waals surface area contributed by atoms with E-state index in [-0.39, 0.29) is 11.3 Å². The lowest BCUT2D eigenvalue weighted by Crippen LogP contribution is -2.42. The molecular formula is C23H27ClN4O4. The topological polar surface area (TPSA) is 87.9 Å². The number of carbonyl (C=O) groups is 2. The average molecular weight is 459 g/mol. The minimum atomic E-state index is -0.702. The molecule has 1 amide bonds. The van der Waals surface area contributed by atoms with Crippen molar-refractivity contribution in [3.63, 3.8) is 0 Å². The third kappa shape index (κ3) is 4.05. The lowest BCUT2D eigenvalue weighted by atomic mass is 9.94. The number of aromatic nitrogens is 2. The molecule has 2 aliphatic rings. The van der Waals surface area contributed by atoms with Gasteiger partial charge in [-0.1, -0.05) is 23.7 Å². The number of aryl methyl sites for hydroxylation is 2. The summed E-state index contributed by atoms with van der Waals surface area (Å²) in [4.78, 5) is 30.0. The van der Waals surface area contributed by atoms with Crippen LogP contribution in [0.5, 0.6) is 0 Å². The SMILES string of the molecule is Cc1nn(C)c(C)c1/C(O)=C1\C(=O)C(=O)N(CCN2CCOCC2)[C@@H]1c1ccc(Cl)cc1. The van der Waals surface area contributed by atoms with Gasteiger partial charge in [0.2, 0.25) is 0 Å². The molecule has 2 saturated heterocycles. The molecule has 32 heavy (non-hydrogen) atoms. The van der Waals surface area contributed by atoms with E-state index in [0.717, 1.165) is 24.3 Å². The van der Waals surface area contributed by atoms with E-state index in [9.17, 15) is 14.7 Å². The van der Waals surface area contributed by atoms with Gasteiger partial charge in [-0.2, -0.15) is 5.10 Å². The van der Waals surface area contributed by atoms with Crippen LogP contribution in [0, 0.1) is 13.8 Å². The summed E-state index contributed by atoms with van der Waals surface area (Å²) in [6.45, 7) is 7.44. The zero-order valence-electron chi connectivity index (χ0n) is 18.5. The number of benzene rings is 1. The minimum Gasteiger partial charge on any atom is -0.507 e. The number of hydrogen-bond donors (Lipinski definition) is 1. The first-order valence-corrected chi connectivity index (χ1v) is 11.0. The van der Waals surface area contributed by atoms with Crippen molar-refractivity contribution in [3.8, 4) is 0 Å². The van der Waals surface area contributed by atoms with Crippen LogP contribution < -0.4 is 0 Å². The van der Waals surface area contributed by atoms with E-state index >= 15 is 0 Å². The lowest BCUT2D eigenvalue weighted by molar-refractivity contribution is -0.140. The molecule has 3 heterocycles. The zero-order chi connectivity index (χ0) is 23.0. The summed E-state index contributed by atoms with van der Waals surface area (Å²) in [6, 6.07) is 6.32. The van der Waals surface area contributed by atoms with Crippen molar-refractivity contribution in [2.45, 2.75) is 19.9 Å². The summed E-state index contributed by atoms with van der Waals surface area (Å²) in [5.74, 6) is -1.49. The predicted octanol–water partition coefficient (Wildman–Crippen LogP) is 2.44. The fourth-order valence-corrected chi connectivity index (χ4v) is 4.55. The van der Waals surface area contributed by atoms with Crippen molar-refractivity contribution in [2.75, 3.05) is 39.4 Å². The molecule has 0 aliphatic carbocycles. The van der Waals surface area contributed by atoms with Gasteiger partial charge >= 0.3 is 0 Å². The zero-order valence-corrected chi connectivity index (χ0v) is 19.2. The van der Waals surface area contributed by atoms with E-state index < -0.39 is 17.7 Å². The molecule has 0 saturated carbocycles. The van der Waals surface area contributed by atoms with Crippen LogP contribution in [0.15, 0.2) is 29.8 Å². The molecule has 0 radical (unpaired) electrons.